The number of halogens is 2. The van der Waals surface area contributed by atoms with Gasteiger partial charge in [-0.25, -0.2) is 0 Å². The van der Waals surface area contributed by atoms with E-state index in [1.54, 1.807) is 24.7 Å². The number of nitrogens with two attached hydrogens (primary N) is 1. The maximum atomic E-state index is 6.09. The van der Waals surface area contributed by atoms with Crippen molar-refractivity contribution in [3.05, 3.63) is 57.5 Å². The molecule has 0 saturated heterocycles. The smallest absolute Gasteiger partial charge is 0.0799 e. The van der Waals surface area contributed by atoms with Crippen molar-refractivity contribution in [3.8, 4) is 0 Å². The summed E-state index contributed by atoms with van der Waals surface area (Å²) in [6.45, 7) is 0. The molecule has 0 aliphatic heterocycles. The molecule has 0 fully saturated rings. The van der Waals surface area contributed by atoms with Gasteiger partial charge in [0.25, 0.3) is 0 Å². The van der Waals surface area contributed by atoms with Crippen LogP contribution in [-0.2, 0) is 0 Å². The normalized spacial score (nSPS) is 12.4. The highest BCUT2D eigenvalue weighted by Crippen LogP contribution is 2.28. The second-order valence-electron chi connectivity index (χ2n) is 3.27. The lowest BCUT2D eigenvalue weighted by Crippen LogP contribution is -2.14. The Kier molecular flexibility index (Phi) is 3.53. The molecule has 1 aromatic carbocycles. The van der Waals surface area contributed by atoms with Crippen molar-refractivity contribution in [2.24, 2.45) is 5.73 Å². The van der Waals surface area contributed by atoms with Gasteiger partial charge in [0, 0.05) is 21.9 Å². The van der Waals surface area contributed by atoms with Gasteiger partial charge < -0.3 is 5.73 Å². The third-order valence-electron chi connectivity index (χ3n) is 2.20. The van der Waals surface area contributed by atoms with Crippen LogP contribution in [0.3, 0.4) is 0 Å². The minimum absolute atomic E-state index is 0.305. The summed E-state index contributed by atoms with van der Waals surface area (Å²) in [6, 6.07) is 5.19. The zero-order valence-electron chi connectivity index (χ0n) is 8.27. The monoisotopic (exact) mass is 297 g/mol. The zero-order chi connectivity index (χ0) is 11.5. The number of benzene rings is 1. The second-order valence-corrected chi connectivity index (χ2v) is 4.56. The molecular weight excluding hydrogens is 289 g/mol. The first-order valence-corrected chi connectivity index (χ1v) is 5.82. The fourth-order valence-electron chi connectivity index (χ4n) is 1.38. The molecule has 0 amide bonds. The van der Waals surface area contributed by atoms with Gasteiger partial charge in [-0.15, -0.1) is 0 Å². The summed E-state index contributed by atoms with van der Waals surface area (Å²) in [4.78, 5) is 8.17. The lowest BCUT2D eigenvalue weighted by Gasteiger charge is -2.12. The summed E-state index contributed by atoms with van der Waals surface area (Å²) >= 11 is 9.30. The first kappa shape index (κ1) is 11.5. The molecule has 82 valence electrons. The summed E-state index contributed by atoms with van der Waals surface area (Å²) < 4.78 is 0.873. The Hall–Kier alpha value is -0.970. The molecule has 2 aromatic rings. The molecule has 0 aliphatic carbocycles. The van der Waals surface area contributed by atoms with Crippen LogP contribution in [0.5, 0.6) is 0 Å². The van der Waals surface area contributed by atoms with E-state index in [2.05, 4.69) is 25.9 Å². The number of nitrogens with zero attached hydrogens (tertiary/aromatic N) is 2. The van der Waals surface area contributed by atoms with Crippen LogP contribution in [0.1, 0.15) is 17.3 Å². The van der Waals surface area contributed by atoms with Crippen molar-refractivity contribution in [1.29, 1.82) is 0 Å². The Balaban J connectivity index is 2.38. The van der Waals surface area contributed by atoms with Gasteiger partial charge in [-0.1, -0.05) is 33.6 Å². The van der Waals surface area contributed by atoms with Crippen LogP contribution in [0.2, 0.25) is 5.02 Å². The SMILES string of the molecule is NC(c1cnccn1)c1ccc(Cl)cc1Br. The van der Waals surface area contributed by atoms with E-state index in [9.17, 15) is 0 Å². The number of hydrogen-bond acceptors (Lipinski definition) is 3. The minimum Gasteiger partial charge on any atom is -0.319 e. The molecule has 0 saturated carbocycles. The van der Waals surface area contributed by atoms with E-state index in [-0.39, 0.29) is 6.04 Å². The standard InChI is InChI=1S/C11H9BrClN3/c12-9-5-7(13)1-2-8(9)11(14)10-6-15-3-4-16-10/h1-6,11H,14H2. The van der Waals surface area contributed by atoms with Crippen LogP contribution >= 0.6 is 27.5 Å². The predicted octanol–water partition coefficient (Wildman–Crippen LogP) is 2.94. The van der Waals surface area contributed by atoms with Crippen LogP contribution in [-0.4, -0.2) is 9.97 Å². The molecule has 16 heavy (non-hydrogen) atoms. The molecule has 1 atom stereocenters. The molecule has 1 unspecified atom stereocenters. The highest BCUT2D eigenvalue weighted by Gasteiger charge is 2.13. The topological polar surface area (TPSA) is 51.8 Å². The van der Waals surface area contributed by atoms with E-state index in [0.29, 0.717) is 5.02 Å². The molecule has 2 N–H and O–H groups in total. The highest BCUT2D eigenvalue weighted by molar-refractivity contribution is 9.10. The van der Waals surface area contributed by atoms with Crippen LogP contribution in [0.15, 0.2) is 41.3 Å². The van der Waals surface area contributed by atoms with E-state index in [0.717, 1.165) is 15.7 Å². The highest BCUT2D eigenvalue weighted by atomic mass is 79.9. The lowest BCUT2D eigenvalue weighted by atomic mass is 10.1. The molecule has 0 radical (unpaired) electrons. The fraction of sp³-hybridized carbons (Fsp3) is 0.0909. The van der Waals surface area contributed by atoms with Crippen LogP contribution in [0.25, 0.3) is 0 Å². The fourth-order valence-corrected chi connectivity index (χ4v) is 2.31. The van der Waals surface area contributed by atoms with E-state index < -0.39 is 0 Å². The van der Waals surface area contributed by atoms with Crippen molar-refractivity contribution < 1.29 is 0 Å². The van der Waals surface area contributed by atoms with E-state index >= 15 is 0 Å². The Morgan fingerprint density at radius 3 is 2.75 bits per heavy atom. The van der Waals surface area contributed by atoms with E-state index in [1.165, 1.54) is 0 Å². The summed E-state index contributed by atoms with van der Waals surface area (Å²) in [5, 5.41) is 0.668. The Morgan fingerprint density at radius 2 is 2.12 bits per heavy atom. The molecule has 3 nitrogen and oxygen atoms in total. The first-order valence-electron chi connectivity index (χ1n) is 4.65. The zero-order valence-corrected chi connectivity index (χ0v) is 10.6. The van der Waals surface area contributed by atoms with Gasteiger partial charge >= 0.3 is 0 Å². The second kappa shape index (κ2) is 4.91. The molecule has 5 heteroatoms. The van der Waals surface area contributed by atoms with Gasteiger partial charge in [0.15, 0.2) is 0 Å². The summed E-state index contributed by atoms with van der Waals surface area (Å²) in [5.74, 6) is 0. The van der Waals surface area contributed by atoms with Crippen molar-refractivity contribution in [1.82, 2.24) is 9.97 Å². The molecule has 1 heterocycles. The number of aromatic nitrogens is 2. The number of rotatable bonds is 2. The van der Waals surface area contributed by atoms with Crippen molar-refractivity contribution >= 4 is 27.5 Å². The van der Waals surface area contributed by atoms with E-state index in [1.807, 2.05) is 12.1 Å². The van der Waals surface area contributed by atoms with Crippen molar-refractivity contribution in [3.63, 3.8) is 0 Å². The molecule has 0 aliphatic rings. The predicted molar refractivity (Wildman–Crippen MR) is 67.2 cm³/mol. The Labute approximate surface area is 107 Å². The van der Waals surface area contributed by atoms with Gasteiger partial charge in [0.1, 0.15) is 0 Å². The average molecular weight is 299 g/mol. The van der Waals surface area contributed by atoms with Crippen LogP contribution < -0.4 is 5.73 Å². The third kappa shape index (κ3) is 2.40. The van der Waals surface area contributed by atoms with Gasteiger partial charge in [0.2, 0.25) is 0 Å². The van der Waals surface area contributed by atoms with Gasteiger partial charge in [-0.05, 0) is 17.7 Å². The number of hydrogen-bond donors (Lipinski definition) is 1. The van der Waals surface area contributed by atoms with Crippen molar-refractivity contribution in [2.45, 2.75) is 6.04 Å². The molecule has 1 aromatic heterocycles. The van der Waals surface area contributed by atoms with Gasteiger partial charge in [0.05, 0.1) is 17.9 Å². The Morgan fingerprint density at radius 1 is 1.31 bits per heavy atom. The van der Waals surface area contributed by atoms with Crippen molar-refractivity contribution in [2.75, 3.05) is 0 Å². The maximum absolute atomic E-state index is 6.09. The van der Waals surface area contributed by atoms with Gasteiger partial charge in [-0.2, -0.15) is 0 Å². The lowest BCUT2D eigenvalue weighted by molar-refractivity contribution is 0.813. The van der Waals surface area contributed by atoms with Crippen LogP contribution in [0, 0.1) is 0 Å². The van der Waals surface area contributed by atoms with Crippen LogP contribution in [0.4, 0.5) is 0 Å². The summed E-state index contributed by atoms with van der Waals surface area (Å²) in [7, 11) is 0. The average Bonchev–Trinajstić information content (AvgIpc) is 2.29. The minimum atomic E-state index is -0.305. The quantitative estimate of drug-likeness (QED) is 0.927. The van der Waals surface area contributed by atoms with E-state index in [4.69, 9.17) is 17.3 Å². The summed E-state index contributed by atoms with van der Waals surface area (Å²) in [6.07, 6.45) is 4.90. The largest absolute Gasteiger partial charge is 0.319 e. The summed E-state index contributed by atoms with van der Waals surface area (Å²) in [5.41, 5.74) is 7.75. The molecule has 0 bridgehead atoms. The molecule has 2 rings (SSSR count). The third-order valence-corrected chi connectivity index (χ3v) is 3.12. The maximum Gasteiger partial charge on any atom is 0.0799 e. The Bertz CT molecular complexity index is 490. The molecular formula is C11H9BrClN3. The molecule has 0 spiro atoms. The first-order chi connectivity index (χ1) is 7.68. The van der Waals surface area contributed by atoms with Gasteiger partial charge in [-0.3, -0.25) is 9.97 Å².